The summed E-state index contributed by atoms with van der Waals surface area (Å²) in [4.78, 5) is 61.9. The number of aromatic nitrogens is 1. The third-order valence-corrected chi connectivity index (χ3v) is 13.7. The fourth-order valence-corrected chi connectivity index (χ4v) is 10.4. The quantitative estimate of drug-likeness (QED) is 0.117. The minimum absolute atomic E-state index is 0.0231. The van der Waals surface area contributed by atoms with E-state index in [0.29, 0.717) is 24.3 Å². The number of amides is 2. The van der Waals surface area contributed by atoms with Crippen molar-refractivity contribution in [1.82, 2.24) is 15.2 Å². The molecule has 10 heteroatoms. The lowest BCUT2D eigenvalue weighted by Crippen LogP contribution is -2.66. The second kappa shape index (κ2) is 16.7. The molecule has 0 radical (unpaired) electrons. The fourth-order valence-electron chi connectivity index (χ4n) is 10.4. The van der Waals surface area contributed by atoms with Gasteiger partial charge in [0.15, 0.2) is 11.6 Å². The SMILES string of the molecule is C#Cc1c(C)cc(OC2C(C)(C)C(CC(=O)c3ccc(N4CCC(CN5CCN(c6ccc(C(=O)C[C@H]7CCC(=O)NC7=O)cn6)CC5)CC4)cc3)C2(C)C)cc1C. The van der Waals surface area contributed by atoms with Crippen LogP contribution in [0, 0.1) is 54.8 Å². The summed E-state index contributed by atoms with van der Waals surface area (Å²) in [5, 5.41) is 2.33. The lowest BCUT2D eigenvalue weighted by atomic mass is 9.44. The van der Waals surface area contributed by atoms with Crippen LogP contribution in [-0.4, -0.2) is 85.2 Å². The average molecular weight is 786 g/mol. The zero-order valence-electron chi connectivity index (χ0n) is 35.1. The van der Waals surface area contributed by atoms with E-state index in [4.69, 9.17) is 11.2 Å². The molecule has 1 aromatic heterocycles. The summed E-state index contributed by atoms with van der Waals surface area (Å²) < 4.78 is 6.63. The number of nitrogens with zero attached hydrogens (tertiary/aromatic N) is 4. The molecule has 306 valence electrons. The molecule has 3 aromatic rings. The number of piperazine rings is 1. The number of terminal acetylenes is 1. The molecule has 4 heterocycles. The topological polar surface area (TPSA) is 112 Å². The van der Waals surface area contributed by atoms with Crippen LogP contribution in [0.15, 0.2) is 54.7 Å². The number of hydrogen-bond acceptors (Lipinski definition) is 9. The van der Waals surface area contributed by atoms with Gasteiger partial charge in [-0.1, -0.05) is 33.6 Å². The van der Waals surface area contributed by atoms with E-state index in [1.165, 1.54) is 5.69 Å². The van der Waals surface area contributed by atoms with E-state index in [2.05, 4.69) is 70.7 Å². The van der Waals surface area contributed by atoms with Crippen molar-refractivity contribution in [2.45, 2.75) is 86.2 Å². The van der Waals surface area contributed by atoms with Crippen molar-refractivity contribution in [3.63, 3.8) is 0 Å². The molecule has 0 spiro atoms. The highest BCUT2D eigenvalue weighted by atomic mass is 16.5. The molecule has 10 nitrogen and oxygen atoms in total. The van der Waals surface area contributed by atoms with Gasteiger partial charge in [-0.05, 0) is 105 Å². The van der Waals surface area contributed by atoms with Gasteiger partial charge in [0.25, 0.3) is 0 Å². The minimum atomic E-state index is -0.464. The highest BCUT2D eigenvalue weighted by molar-refractivity contribution is 6.03. The van der Waals surface area contributed by atoms with Gasteiger partial charge in [-0.25, -0.2) is 4.98 Å². The number of nitrogens with one attached hydrogen (secondary N) is 1. The summed E-state index contributed by atoms with van der Waals surface area (Å²) in [6.45, 7) is 19.8. The smallest absolute Gasteiger partial charge is 0.230 e. The Labute approximate surface area is 344 Å². The molecular formula is C48H59N5O5. The van der Waals surface area contributed by atoms with Crippen molar-refractivity contribution in [3.8, 4) is 18.1 Å². The van der Waals surface area contributed by atoms with Crippen LogP contribution >= 0.6 is 0 Å². The first-order valence-electron chi connectivity index (χ1n) is 21.1. The molecule has 0 bridgehead atoms. The van der Waals surface area contributed by atoms with E-state index >= 15 is 0 Å². The first kappa shape index (κ1) is 41.2. The number of pyridine rings is 1. The van der Waals surface area contributed by atoms with Crippen molar-refractivity contribution in [2.75, 3.05) is 55.6 Å². The van der Waals surface area contributed by atoms with E-state index < -0.39 is 5.92 Å². The number of anilines is 2. The lowest BCUT2D eigenvalue weighted by Gasteiger charge is -2.63. The molecule has 1 N–H and O–H groups in total. The summed E-state index contributed by atoms with van der Waals surface area (Å²) in [5.41, 5.74) is 5.12. The number of aryl methyl sites for hydroxylation is 2. The molecule has 4 fully saturated rings. The maximum Gasteiger partial charge on any atom is 0.230 e. The summed E-state index contributed by atoms with van der Waals surface area (Å²) in [6.07, 6.45) is 10.8. The Morgan fingerprint density at radius 1 is 0.828 bits per heavy atom. The van der Waals surface area contributed by atoms with Crippen LogP contribution in [0.4, 0.5) is 11.5 Å². The Balaban J connectivity index is 0.837. The zero-order valence-corrected chi connectivity index (χ0v) is 35.1. The molecule has 1 saturated carbocycles. The van der Waals surface area contributed by atoms with Crippen LogP contribution < -0.4 is 19.9 Å². The average Bonchev–Trinajstić information content (AvgIpc) is 3.20. The normalized spacial score (nSPS) is 23.4. The standard InChI is InChI=1S/C48H59N5O5/c1-8-39-31(2)25-38(26-32(39)3)58-46-47(4,5)42(48(46,6)7)28-41(55)34-9-13-37(14-10-34)52-19-17-33(18-20-52)30-51-21-23-53(24-22-51)43-15-11-36(29-49-43)40(54)27-35-12-16-44(56)50-45(35)57/h1,9-11,13-15,25-26,29,33,35,42,46H,12,16-24,27-28,30H2,2-7H3,(H,50,56,57)/t35-,42?,46?/m1/s1. The monoisotopic (exact) mass is 785 g/mol. The Morgan fingerprint density at radius 2 is 1.45 bits per heavy atom. The van der Waals surface area contributed by atoms with Gasteiger partial charge in [-0.3, -0.25) is 29.4 Å². The van der Waals surface area contributed by atoms with Gasteiger partial charge >= 0.3 is 0 Å². The fraction of sp³-hybridized carbons (Fsp3) is 0.521. The number of hydrogen-bond donors (Lipinski definition) is 1. The Bertz CT molecular complexity index is 2030. The van der Waals surface area contributed by atoms with Gasteiger partial charge in [0.1, 0.15) is 17.7 Å². The highest BCUT2D eigenvalue weighted by Crippen LogP contribution is 2.61. The molecule has 1 aliphatic carbocycles. The van der Waals surface area contributed by atoms with Crippen LogP contribution in [0.25, 0.3) is 0 Å². The van der Waals surface area contributed by atoms with Crippen LogP contribution in [0.3, 0.4) is 0 Å². The number of imide groups is 1. The van der Waals surface area contributed by atoms with Crippen molar-refractivity contribution < 1.29 is 23.9 Å². The van der Waals surface area contributed by atoms with Gasteiger partial charge < -0.3 is 14.5 Å². The van der Waals surface area contributed by atoms with Crippen LogP contribution in [0.5, 0.6) is 5.75 Å². The molecule has 1 atom stereocenters. The molecule has 2 aromatic carbocycles. The maximum atomic E-state index is 13.7. The van der Waals surface area contributed by atoms with Crippen molar-refractivity contribution in [3.05, 3.63) is 82.5 Å². The Morgan fingerprint density at radius 3 is 2.03 bits per heavy atom. The molecule has 4 aliphatic rings. The predicted octanol–water partition coefficient (Wildman–Crippen LogP) is 7.05. The first-order chi connectivity index (χ1) is 27.6. The number of ketones is 2. The minimum Gasteiger partial charge on any atom is -0.489 e. The molecule has 58 heavy (non-hydrogen) atoms. The highest BCUT2D eigenvalue weighted by Gasteiger charge is 2.63. The van der Waals surface area contributed by atoms with E-state index in [0.717, 1.165) is 92.5 Å². The summed E-state index contributed by atoms with van der Waals surface area (Å²) >= 11 is 0. The van der Waals surface area contributed by atoms with Crippen LogP contribution in [0.1, 0.15) is 104 Å². The number of Topliss-reactive ketones (excluding diaryl/α,β-unsaturated/α-hetero) is 2. The zero-order chi connectivity index (χ0) is 41.4. The number of rotatable bonds is 12. The lowest BCUT2D eigenvalue weighted by molar-refractivity contribution is -0.196. The second-order valence-corrected chi connectivity index (χ2v) is 18.3. The molecule has 3 saturated heterocycles. The number of benzene rings is 2. The predicted molar refractivity (Wildman–Crippen MR) is 227 cm³/mol. The molecule has 2 amide bonds. The molecule has 0 unspecified atom stereocenters. The van der Waals surface area contributed by atoms with Crippen molar-refractivity contribution in [2.24, 2.45) is 28.6 Å². The molecule has 7 rings (SSSR count). The van der Waals surface area contributed by atoms with Gasteiger partial charge in [0.2, 0.25) is 11.8 Å². The largest absolute Gasteiger partial charge is 0.489 e. The molecular weight excluding hydrogens is 727 g/mol. The summed E-state index contributed by atoms with van der Waals surface area (Å²) in [5.74, 6) is 4.28. The van der Waals surface area contributed by atoms with Gasteiger partial charge in [0.05, 0.1) is 0 Å². The van der Waals surface area contributed by atoms with Crippen molar-refractivity contribution in [1.29, 1.82) is 0 Å². The third kappa shape index (κ3) is 8.56. The number of carbonyl (C=O) groups excluding carboxylic acids is 4. The number of piperidine rings is 2. The molecule has 3 aliphatic heterocycles. The number of ether oxygens (including phenoxy) is 1. The van der Waals surface area contributed by atoms with E-state index in [9.17, 15) is 19.2 Å². The van der Waals surface area contributed by atoms with Crippen molar-refractivity contribution >= 4 is 34.9 Å². The van der Waals surface area contributed by atoms with Crippen LogP contribution in [0.2, 0.25) is 0 Å². The Hall–Kier alpha value is -5.01. The summed E-state index contributed by atoms with van der Waals surface area (Å²) in [7, 11) is 0. The maximum absolute atomic E-state index is 13.7. The van der Waals surface area contributed by atoms with E-state index in [1.54, 1.807) is 12.3 Å². The Kier molecular flexibility index (Phi) is 11.8. The number of carbonyl (C=O) groups is 4. The van der Waals surface area contributed by atoms with Gasteiger partial charge in [-0.2, -0.15) is 0 Å². The van der Waals surface area contributed by atoms with E-state index in [-0.39, 0.29) is 59.1 Å². The van der Waals surface area contributed by atoms with Crippen LogP contribution in [-0.2, 0) is 9.59 Å². The van der Waals surface area contributed by atoms with Gasteiger partial charge in [0, 0.05) is 110 Å². The third-order valence-electron chi connectivity index (χ3n) is 13.7. The first-order valence-corrected chi connectivity index (χ1v) is 21.1. The second-order valence-electron chi connectivity index (χ2n) is 18.3. The van der Waals surface area contributed by atoms with Gasteiger partial charge in [-0.15, -0.1) is 6.42 Å². The van der Waals surface area contributed by atoms with E-state index in [1.807, 2.05) is 44.2 Å². The summed E-state index contributed by atoms with van der Waals surface area (Å²) in [6, 6.07) is 16.0.